The van der Waals surface area contributed by atoms with Crippen LogP contribution < -0.4 is 4.90 Å². The van der Waals surface area contributed by atoms with Crippen LogP contribution in [0.4, 0.5) is 5.69 Å². The zero-order chi connectivity index (χ0) is 17.8. The summed E-state index contributed by atoms with van der Waals surface area (Å²) in [6.07, 6.45) is 0.827. The third kappa shape index (κ3) is 4.40. The number of rotatable bonds is 5. The van der Waals surface area contributed by atoms with Crippen molar-refractivity contribution in [1.82, 2.24) is 4.98 Å². The number of thiazole rings is 1. The van der Waals surface area contributed by atoms with Gasteiger partial charge in [0.1, 0.15) is 0 Å². The van der Waals surface area contributed by atoms with Gasteiger partial charge in [-0.2, -0.15) is 0 Å². The highest BCUT2D eigenvalue weighted by Gasteiger charge is 2.18. The Morgan fingerprint density at radius 2 is 1.80 bits per heavy atom. The maximum absolute atomic E-state index is 11.8. The Bertz CT molecular complexity index is 847. The number of aromatic nitrogens is 1. The van der Waals surface area contributed by atoms with Gasteiger partial charge in [0, 0.05) is 30.1 Å². The minimum atomic E-state index is -1.07. The molecule has 0 aliphatic carbocycles. The molecule has 25 heavy (non-hydrogen) atoms. The molecule has 0 fully saturated rings. The normalized spacial score (nSPS) is 10.9. The first-order valence-corrected chi connectivity index (χ1v) is 9.44. The van der Waals surface area contributed by atoms with Crippen molar-refractivity contribution >= 4 is 46.1 Å². The van der Waals surface area contributed by atoms with Gasteiger partial charge in [-0.05, 0) is 17.7 Å². The molecule has 0 bridgehead atoms. The van der Waals surface area contributed by atoms with Crippen LogP contribution in [0.25, 0.3) is 11.3 Å². The first-order chi connectivity index (χ1) is 12.0. The lowest BCUT2D eigenvalue weighted by Gasteiger charge is -2.17. The summed E-state index contributed by atoms with van der Waals surface area (Å²) in [7, 11) is 1.65. The summed E-state index contributed by atoms with van der Waals surface area (Å²) in [5.41, 5.74) is 3.92. The maximum Gasteiger partial charge on any atom is 0.260 e. The van der Waals surface area contributed by atoms with Crippen molar-refractivity contribution < 1.29 is 4.79 Å². The zero-order valence-electron chi connectivity index (χ0n) is 13.5. The number of carbonyl (C=O) groups excluding carboxylic acids is 1. The predicted octanol–water partition coefficient (Wildman–Crippen LogP) is 5.17. The molecule has 0 radical (unpaired) electrons. The molecular weight excluding hydrogens is 375 g/mol. The highest BCUT2D eigenvalue weighted by Crippen LogP contribution is 2.26. The summed E-state index contributed by atoms with van der Waals surface area (Å²) in [5.74, 6) is -0.352. The smallest absolute Gasteiger partial charge is 0.260 e. The molecule has 0 saturated heterocycles. The Morgan fingerprint density at radius 3 is 2.44 bits per heavy atom. The Hall–Kier alpha value is -1.88. The molecule has 3 rings (SSSR count). The Morgan fingerprint density at radius 1 is 1.12 bits per heavy atom. The molecule has 0 N–H and O–H groups in total. The van der Waals surface area contributed by atoms with Gasteiger partial charge in [0.25, 0.3) is 5.91 Å². The summed E-state index contributed by atoms with van der Waals surface area (Å²) in [6.45, 7) is 0. The van der Waals surface area contributed by atoms with Gasteiger partial charge in [0.2, 0.25) is 0 Å². The summed E-state index contributed by atoms with van der Waals surface area (Å²) in [6, 6.07) is 17.9. The number of hydrogen-bond acceptors (Lipinski definition) is 3. The van der Waals surface area contributed by atoms with Gasteiger partial charge in [-0.3, -0.25) is 4.79 Å². The van der Waals surface area contributed by atoms with Crippen LogP contribution in [-0.2, 0) is 11.2 Å². The molecule has 0 spiro atoms. The minimum absolute atomic E-state index is 0.352. The fourth-order valence-corrected chi connectivity index (χ4v) is 3.55. The van der Waals surface area contributed by atoms with Gasteiger partial charge in [-0.25, -0.2) is 4.98 Å². The SMILES string of the molecule is CN(C(=O)C(Cl)Cl)c1ccc(-c2csc(Cc3ccccc3)n2)cc1. The fraction of sp³-hybridized carbons (Fsp3) is 0.158. The second kappa shape index (κ2) is 8.00. The molecule has 3 nitrogen and oxygen atoms in total. The second-order valence-corrected chi connectivity index (χ2v) is 7.57. The van der Waals surface area contributed by atoms with E-state index in [1.165, 1.54) is 10.5 Å². The van der Waals surface area contributed by atoms with E-state index in [0.717, 1.165) is 28.4 Å². The van der Waals surface area contributed by atoms with Crippen LogP contribution in [0.5, 0.6) is 0 Å². The molecule has 1 heterocycles. The Labute approximate surface area is 160 Å². The number of benzene rings is 2. The van der Waals surface area contributed by atoms with Gasteiger partial charge < -0.3 is 4.90 Å². The average Bonchev–Trinajstić information content (AvgIpc) is 3.10. The summed E-state index contributed by atoms with van der Waals surface area (Å²) >= 11 is 12.9. The van der Waals surface area contributed by atoms with E-state index in [1.807, 2.05) is 42.5 Å². The molecule has 6 heteroatoms. The van der Waals surface area contributed by atoms with Crippen molar-refractivity contribution in [2.24, 2.45) is 0 Å². The molecule has 0 saturated carbocycles. The third-order valence-electron chi connectivity index (χ3n) is 3.82. The van der Waals surface area contributed by atoms with E-state index in [0.29, 0.717) is 0 Å². The standard InChI is InChI=1S/C19H16Cl2N2OS/c1-23(19(24)18(20)21)15-9-7-14(8-10-15)16-12-25-17(22-16)11-13-5-3-2-4-6-13/h2-10,12,18H,11H2,1H3. The van der Waals surface area contributed by atoms with Crippen LogP contribution >= 0.6 is 34.5 Å². The van der Waals surface area contributed by atoms with Gasteiger partial charge in [-0.1, -0.05) is 65.7 Å². The number of alkyl halides is 2. The van der Waals surface area contributed by atoms with E-state index < -0.39 is 4.84 Å². The number of nitrogens with zero attached hydrogens (tertiary/aromatic N) is 2. The first-order valence-electron chi connectivity index (χ1n) is 7.69. The number of halogens is 2. The van der Waals surface area contributed by atoms with E-state index in [-0.39, 0.29) is 5.91 Å². The van der Waals surface area contributed by atoms with E-state index in [2.05, 4.69) is 17.5 Å². The quantitative estimate of drug-likeness (QED) is 0.563. The van der Waals surface area contributed by atoms with Gasteiger partial charge in [-0.15, -0.1) is 11.3 Å². The van der Waals surface area contributed by atoms with E-state index in [1.54, 1.807) is 18.4 Å². The van der Waals surface area contributed by atoms with Crippen LogP contribution in [0.3, 0.4) is 0 Å². The maximum atomic E-state index is 11.8. The Balaban J connectivity index is 1.74. The lowest BCUT2D eigenvalue weighted by atomic mass is 10.1. The number of amides is 1. The summed E-state index contributed by atoms with van der Waals surface area (Å²) in [4.78, 5) is 16.9. The van der Waals surface area contributed by atoms with Crippen molar-refractivity contribution in [1.29, 1.82) is 0 Å². The lowest BCUT2D eigenvalue weighted by Crippen LogP contribution is -2.30. The van der Waals surface area contributed by atoms with Crippen LogP contribution in [0.2, 0.25) is 0 Å². The zero-order valence-corrected chi connectivity index (χ0v) is 15.9. The van der Waals surface area contributed by atoms with Gasteiger partial charge in [0.05, 0.1) is 10.7 Å². The van der Waals surface area contributed by atoms with Crippen molar-refractivity contribution in [3.8, 4) is 11.3 Å². The molecule has 2 aromatic carbocycles. The monoisotopic (exact) mass is 390 g/mol. The molecular formula is C19H16Cl2N2OS. The predicted molar refractivity (Wildman–Crippen MR) is 106 cm³/mol. The number of carbonyl (C=O) groups is 1. The van der Waals surface area contributed by atoms with Crippen molar-refractivity contribution in [3.63, 3.8) is 0 Å². The van der Waals surface area contributed by atoms with Gasteiger partial charge in [0.15, 0.2) is 4.84 Å². The van der Waals surface area contributed by atoms with Crippen LogP contribution in [0, 0.1) is 0 Å². The van der Waals surface area contributed by atoms with E-state index >= 15 is 0 Å². The third-order valence-corrected chi connectivity index (χ3v) is 5.04. The van der Waals surface area contributed by atoms with Crippen molar-refractivity contribution in [3.05, 3.63) is 70.5 Å². The van der Waals surface area contributed by atoms with Gasteiger partial charge >= 0.3 is 0 Å². The summed E-state index contributed by atoms with van der Waals surface area (Å²) < 4.78 is 0. The molecule has 0 atom stereocenters. The van der Waals surface area contributed by atoms with Crippen LogP contribution in [-0.4, -0.2) is 22.8 Å². The van der Waals surface area contributed by atoms with Crippen molar-refractivity contribution in [2.75, 3.05) is 11.9 Å². The molecule has 0 unspecified atom stereocenters. The molecule has 128 valence electrons. The average molecular weight is 391 g/mol. The Kier molecular flexibility index (Phi) is 5.74. The largest absolute Gasteiger partial charge is 0.313 e. The molecule has 1 aromatic heterocycles. The highest BCUT2D eigenvalue weighted by atomic mass is 35.5. The number of anilines is 1. The van der Waals surface area contributed by atoms with Crippen LogP contribution in [0.1, 0.15) is 10.6 Å². The van der Waals surface area contributed by atoms with E-state index in [4.69, 9.17) is 28.2 Å². The first kappa shape index (κ1) is 17.9. The molecule has 1 amide bonds. The minimum Gasteiger partial charge on any atom is -0.313 e. The number of hydrogen-bond donors (Lipinski definition) is 0. The molecule has 0 aliphatic rings. The lowest BCUT2D eigenvalue weighted by molar-refractivity contribution is -0.116. The van der Waals surface area contributed by atoms with E-state index in [9.17, 15) is 4.79 Å². The molecule has 3 aromatic rings. The molecule has 0 aliphatic heterocycles. The van der Waals surface area contributed by atoms with Crippen LogP contribution in [0.15, 0.2) is 60.0 Å². The van der Waals surface area contributed by atoms with Crippen molar-refractivity contribution in [2.45, 2.75) is 11.3 Å². The fourth-order valence-electron chi connectivity index (χ4n) is 2.42. The topological polar surface area (TPSA) is 33.2 Å². The second-order valence-electron chi connectivity index (χ2n) is 5.53. The highest BCUT2D eigenvalue weighted by molar-refractivity contribution is 7.10. The summed E-state index contributed by atoms with van der Waals surface area (Å²) in [5, 5.41) is 3.13.